The SMILES string of the molecule is CC(C)CCN1CCN(C(=O)C(C)C)C[C@H]1C. The molecule has 1 aliphatic heterocycles. The second-order valence-corrected chi connectivity index (χ2v) is 6.01. The summed E-state index contributed by atoms with van der Waals surface area (Å²) in [5.74, 6) is 1.20. The highest BCUT2D eigenvalue weighted by molar-refractivity contribution is 5.78. The Bertz CT molecular complexity index is 251. The first-order chi connectivity index (χ1) is 7.91. The van der Waals surface area contributed by atoms with E-state index in [1.165, 1.54) is 13.0 Å². The van der Waals surface area contributed by atoms with Crippen LogP contribution in [0, 0.1) is 11.8 Å². The smallest absolute Gasteiger partial charge is 0.225 e. The second-order valence-electron chi connectivity index (χ2n) is 6.01. The van der Waals surface area contributed by atoms with Gasteiger partial charge in [0, 0.05) is 31.6 Å². The van der Waals surface area contributed by atoms with Crippen molar-refractivity contribution in [3.8, 4) is 0 Å². The van der Waals surface area contributed by atoms with Gasteiger partial charge in [0.15, 0.2) is 0 Å². The third-order valence-corrected chi connectivity index (χ3v) is 3.56. The highest BCUT2D eigenvalue weighted by Crippen LogP contribution is 2.14. The molecule has 0 unspecified atom stereocenters. The first kappa shape index (κ1) is 14.5. The lowest BCUT2D eigenvalue weighted by Gasteiger charge is -2.40. The minimum Gasteiger partial charge on any atom is -0.340 e. The summed E-state index contributed by atoms with van der Waals surface area (Å²) >= 11 is 0. The van der Waals surface area contributed by atoms with E-state index in [9.17, 15) is 4.79 Å². The van der Waals surface area contributed by atoms with E-state index < -0.39 is 0 Å². The van der Waals surface area contributed by atoms with Crippen LogP contribution in [-0.2, 0) is 4.79 Å². The van der Waals surface area contributed by atoms with Crippen molar-refractivity contribution < 1.29 is 4.79 Å². The van der Waals surface area contributed by atoms with Gasteiger partial charge in [0.2, 0.25) is 5.91 Å². The van der Waals surface area contributed by atoms with E-state index in [4.69, 9.17) is 0 Å². The second kappa shape index (κ2) is 6.39. The molecule has 1 atom stereocenters. The summed E-state index contributed by atoms with van der Waals surface area (Å²) in [6, 6.07) is 0.505. The Balaban J connectivity index is 2.41. The highest BCUT2D eigenvalue weighted by Gasteiger charge is 2.27. The van der Waals surface area contributed by atoms with E-state index in [1.54, 1.807) is 0 Å². The van der Waals surface area contributed by atoms with Gasteiger partial charge in [-0.3, -0.25) is 9.69 Å². The average Bonchev–Trinajstić information content (AvgIpc) is 2.26. The molecule has 1 aliphatic rings. The molecule has 0 aliphatic carbocycles. The lowest BCUT2D eigenvalue weighted by atomic mass is 10.1. The molecule has 0 saturated carbocycles. The zero-order valence-electron chi connectivity index (χ0n) is 12.1. The normalized spacial score (nSPS) is 22.5. The maximum Gasteiger partial charge on any atom is 0.225 e. The fraction of sp³-hybridized carbons (Fsp3) is 0.929. The summed E-state index contributed by atoms with van der Waals surface area (Å²) in [4.78, 5) is 16.5. The van der Waals surface area contributed by atoms with E-state index in [0.29, 0.717) is 11.9 Å². The Morgan fingerprint density at radius 1 is 1.24 bits per heavy atom. The van der Waals surface area contributed by atoms with Crippen LogP contribution in [0.1, 0.15) is 41.0 Å². The van der Waals surface area contributed by atoms with Crippen LogP contribution in [0.2, 0.25) is 0 Å². The van der Waals surface area contributed by atoms with Crippen molar-refractivity contribution in [2.24, 2.45) is 11.8 Å². The van der Waals surface area contributed by atoms with Crippen molar-refractivity contribution in [2.75, 3.05) is 26.2 Å². The van der Waals surface area contributed by atoms with Crippen LogP contribution < -0.4 is 0 Å². The average molecular weight is 240 g/mol. The van der Waals surface area contributed by atoms with Gasteiger partial charge >= 0.3 is 0 Å². The first-order valence-electron chi connectivity index (χ1n) is 6.94. The molecule has 100 valence electrons. The van der Waals surface area contributed by atoms with Crippen molar-refractivity contribution in [3.05, 3.63) is 0 Å². The number of nitrogens with zero attached hydrogens (tertiary/aromatic N) is 2. The van der Waals surface area contributed by atoms with Crippen molar-refractivity contribution >= 4 is 5.91 Å². The largest absolute Gasteiger partial charge is 0.340 e. The Labute approximate surface area is 106 Å². The van der Waals surface area contributed by atoms with Gasteiger partial charge in [-0.2, -0.15) is 0 Å². The summed E-state index contributed by atoms with van der Waals surface area (Å²) < 4.78 is 0. The Morgan fingerprint density at radius 3 is 2.35 bits per heavy atom. The maximum absolute atomic E-state index is 11.9. The monoisotopic (exact) mass is 240 g/mol. The molecule has 1 heterocycles. The summed E-state index contributed by atoms with van der Waals surface area (Å²) in [6.45, 7) is 14.7. The van der Waals surface area contributed by atoms with Gasteiger partial charge in [0.05, 0.1) is 0 Å². The van der Waals surface area contributed by atoms with E-state index >= 15 is 0 Å². The van der Waals surface area contributed by atoms with E-state index in [1.807, 2.05) is 18.7 Å². The highest BCUT2D eigenvalue weighted by atomic mass is 16.2. The molecule has 0 N–H and O–H groups in total. The van der Waals surface area contributed by atoms with Gasteiger partial charge in [0.25, 0.3) is 0 Å². The van der Waals surface area contributed by atoms with Crippen LogP contribution in [0.3, 0.4) is 0 Å². The topological polar surface area (TPSA) is 23.6 Å². The number of hydrogen-bond acceptors (Lipinski definition) is 2. The van der Waals surface area contributed by atoms with Crippen molar-refractivity contribution in [2.45, 2.75) is 47.1 Å². The molecule has 0 radical (unpaired) electrons. The molecule has 0 bridgehead atoms. The van der Waals surface area contributed by atoms with E-state index in [0.717, 1.165) is 25.6 Å². The zero-order valence-corrected chi connectivity index (χ0v) is 12.1. The quantitative estimate of drug-likeness (QED) is 0.752. The Hall–Kier alpha value is -0.570. The summed E-state index contributed by atoms with van der Waals surface area (Å²) in [7, 11) is 0. The van der Waals surface area contributed by atoms with Crippen LogP contribution in [0.5, 0.6) is 0 Å². The van der Waals surface area contributed by atoms with Gasteiger partial charge in [-0.15, -0.1) is 0 Å². The van der Waals surface area contributed by atoms with Gasteiger partial charge in [0.1, 0.15) is 0 Å². The van der Waals surface area contributed by atoms with Crippen molar-refractivity contribution in [3.63, 3.8) is 0 Å². The van der Waals surface area contributed by atoms with Crippen molar-refractivity contribution in [1.29, 1.82) is 0 Å². The molecule has 0 aromatic carbocycles. The number of rotatable bonds is 4. The molecular weight excluding hydrogens is 212 g/mol. The third-order valence-electron chi connectivity index (χ3n) is 3.56. The van der Waals surface area contributed by atoms with Crippen LogP contribution in [-0.4, -0.2) is 47.9 Å². The third kappa shape index (κ3) is 4.30. The van der Waals surface area contributed by atoms with Crippen LogP contribution in [0.15, 0.2) is 0 Å². The lowest BCUT2D eigenvalue weighted by molar-refractivity contribution is -0.137. The number of amides is 1. The van der Waals surface area contributed by atoms with Crippen molar-refractivity contribution in [1.82, 2.24) is 9.80 Å². The predicted molar refractivity (Wildman–Crippen MR) is 71.9 cm³/mol. The predicted octanol–water partition coefficient (Wildman–Crippen LogP) is 2.22. The molecule has 1 saturated heterocycles. The number of carbonyl (C=O) groups excluding carboxylic acids is 1. The molecule has 17 heavy (non-hydrogen) atoms. The molecule has 3 nitrogen and oxygen atoms in total. The zero-order chi connectivity index (χ0) is 13.0. The van der Waals surface area contributed by atoms with Gasteiger partial charge in [-0.1, -0.05) is 27.7 Å². The standard InChI is InChI=1S/C14H28N2O/c1-11(2)6-7-15-8-9-16(10-13(15)5)14(17)12(3)4/h11-13H,6-10H2,1-5H3/t13-/m1/s1. The molecular formula is C14H28N2O. The summed E-state index contributed by atoms with van der Waals surface area (Å²) in [5.41, 5.74) is 0. The van der Waals surface area contributed by atoms with E-state index in [-0.39, 0.29) is 5.92 Å². The molecule has 0 aromatic heterocycles. The fourth-order valence-electron chi connectivity index (χ4n) is 2.32. The lowest BCUT2D eigenvalue weighted by Crippen LogP contribution is -2.54. The van der Waals surface area contributed by atoms with Crippen LogP contribution in [0.25, 0.3) is 0 Å². The molecule has 0 aromatic rings. The Morgan fingerprint density at radius 2 is 1.88 bits per heavy atom. The Kier molecular flexibility index (Phi) is 5.44. The minimum absolute atomic E-state index is 0.129. The van der Waals surface area contributed by atoms with Crippen LogP contribution in [0.4, 0.5) is 0 Å². The molecule has 0 spiro atoms. The van der Waals surface area contributed by atoms with Gasteiger partial charge < -0.3 is 4.90 Å². The summed E-state index contributed by atoms with van der Waals surface area (Å²) in [6.07, 6.45) is 1.25. The maximum atomic E-state index is 11.9. The van der Waals surface area contributed by atoms with Gasteiger partial charge in [-0.25, -0.2) is 0 Å². The van der Waals surface area contributed by atoms with E-state index in [2.05, 4.69) is 25.7 Å². The number of carbonyl (C=O) groups is 1. The first-order valence-corrected chi connectivity index (χ1v) is 6.94. The van der Waals surface area contributed by atoms with Gasteiger partial charge in [-0.05, 0) is 25.8 Å². The molecule has 3 heteroatoms. The fourth-order valence-corrected chi connectivity index (χ4v) is 2.32. The number of hydrogen-bond donors (Lipinski definition) is 0. The van der Waals surface area contributed by atoms with Crippen LogP contribution >= 0.6 is 0 Å². The summed E-state index contributed by atoms with van der Waals surface area (Å²) in [5, 5.41) is 0. The molecule has 1 fully saturated rings. The molecule has 1 amide bonds. The molecule has 1 rings (SSSR count). The minimum atomic E-state index is 0.129. The number of piperazine rings is 1.